The summed E-state index contributed by atoms with van der Waals surface area (Å²) < 4.78 is 8.12. The molecule has 2 aromatic carbocycles. The predicted octanol–water partition coefficient (Wildman–Crippen LogP) is 4.02. The highest BCUT2D eigenvalue weighted by molar-refractivity contribution is 14.0. The lowest BCUT2D eigenvalue weighted by Crippen LogP contribution is -2.41. The first kappa shape index (κ1) is 23.0. The van der Waals surface area contributed by atoms with Gasteiger partial charge >= 0.3 is 0 Å². The molecule has 7 heteroatoms. The minimum Gasteiger partial charge on any atom is -0.489 e. The second-order valence-electron chi connectivity index (χ2n) is 6.85. The van der Waals surface area contributed by atoms with E-state index in [1.165, 1.54) is 0 Å². The van der Waals surface area contributed by atoms with Crippen molar-refractivity contribution in [1.29, 1.82) is 0 Å². The number of benzene rings is 2. The van der Waals surface area contributed by atoms with Crippen molar-refractivity contribution in [2.75, 3.05) is 13.1 Å². The van der Waals surface area contributed by atoms with E-state index in [4.69, 9.17) is 9.73 Å². The molecule has 0 radical (unpaired) electrons. The zero-order chi connectivity index (χ0) is 19.9. The molecule has 0 fully saturated rings. The third-order valence-electron chi connectivity index (χ3n) is 4.58. The number of nitrogens with zero attached hydrogens (tertiary/aromatic N) is 3. The number of fused-ring (bicyclic) bond motifs is 1. The van der Waals surface area contributed by atoms with Crippen LogP contribution in [-0.4, -0.2) is 34.7 Å². The van der Waals surface area contributed by atoms with Crippen LogP contribution in [0.4, 0.5) is 0 Å². The van der Waals surface area contributed by atoms with E-state index in [-0.39, 0.29) is 30.1 Å². The van der Waals surface area contributed by atoms with E-state index in [0.717, 1.165) is 40.7 Å². The fourth-order valence-electron chi connectivity index (χ4n) is 3.02. The number of rotatable bonds is 7. The average Bonchev–Trinajstić information content (AvgIpc) is 3.02. The standard InChI is InChI=1S/C22H29N5O.HI/c1-5-23-22(24-14-17(3)28-20-13-9-6-10-16(20)2)25-15-21-26-18-11-7-8-12-19(18)27(21)4;/h6-13,17H,5,14-15H2,1-4H3,(H2,23,24,25);1H. The lowest BCUT2D eigenvalue weighted by Gasteiger charge is -2.18. The molecule has 0 bridgehead atoms. The van der Waals surface area contributed by atoms with Gasteiger partial charge < -0.3 is 19.9 Å². The molecule has 0 aliphatic rings. The molecule has 0 amide bonds. The van der Waals surface area contributed by atoms with Gasteiger partial charge in [0.2, 0.25) is 0 Å². The lowest BCUT2D eigenvalue weighted by atomic mass is 10.2. The second-order valence-corrected chi connectivity index (χ2v) is 6.85. The zero-order valence-electron chi connectivity index (χ0n) is 17.5. The van der Waals surface area contributed by atoms with Crippen molar-refractivity contribution in [3.8, 4) is 5.75 Å². The molecule has 3 rings (SSSR count). The van der Waals surface area contributed by atoms with E-state index in [9.17, 15) is 0 Å². The highest BCUT2D eigenvalue weighted by Crippen LogP contribution is 2.17. The van der Waals surface area contributed by atoms with Gasteiger partial charge in [-0.3, -0.25) is 0 Å². The largest absolute Gasteiger partial charge is 0.489 e. The summed E-state index contributed by atoms with van der Waals surface area (Å²) in [5.74, 6) is 2.61. The molecule has 3 aromatic rings. The predicted molar refractivity (Wildman–Crippen MR) is 130 cm³/mol. The number of guanidine groups is 1. The van der Waals surface area contributed by atoms with Crippen molar-refractivity contribution in [2.24, 2.45) is 12.0 Å². The van der Waals surface area contributed by atoms with Gasteiger partial charge in [-0.15, -0.1) is 24.0 Å². The fraction of sp³-hybridized carbons (Fsp3) is 0.364. The van der Waals surface area contributed by atoms with Gasteiger partial charge in [0.05, 0.1) is 17.6 Å². The van der Waals surface area contributed by atoms with Crippen molar-refractivity contribution in [1.82, 2.24) is 20.2 Å². The number of ether oxygens (including phenoxy) is 1. The normalized spacial score (nSPS) is 12.3. The van der Waals surface area contributed by atoms with Crippen LogP contribution in [0, 0.1) is 6.92 Å². The maximum Gasteiger partial charge on any atom is 0.191 e. The highest BCUT2D eigenvalue weighted by atomic mass is 127. The van der Waals surface area contributed by atoms with E-state index in [0.29, 0.717) is 13.1 Å². The van der Waals surface area contributed by atoms with Crippen molar-refractivity contribution in [3.05, 3.63) is 59.9 Å². The number of hydrogen-bond acceptors (Lipinski definition) is 3. The fourth-order valence-corrected chi connectivity index (χ4v) is 3.02. The number of imidazole rings is 1. The molecular formula is C22H30IN5O. The summed E-state index contributed by atoms with van der Waals surface area (Å²) in [6, 6.07) is 16.2. The first-order valence-electron chi connectivity index (χ1n) is 9.73. The van der Waals surface area contributed by atoms with Crippen molar-refractivity contribution in [2.45, 2.75) is 33.4 Å². The summed E-state index contributed by atoms with van der Waals surface area (Å²) in [6.07, 6.45) is 0.0145. The Hall–Kier alpha value is -2.29. The molecule has 156 valence electrons. The maximum atomic E-state index is 6.03. The van der Waals surface area contributed by atoms with E-state index < -0.39 is 0 Å². The number of aromatic nitrogens is 2. The van der Waals surface area contributed by atoms with Crippen LogP contribution in [0.3, 0.4) is 0 Å². The number of hydrogen-bond donors (Lipinski definition) is 2. The monoisotopic (exact) mass is 507 g/mol. The van der Waals surface area contributed by atoms with Crippen LogP contribution >= 0.6 is 24.0 Å². The van der Waals surface area contributed by atoms with Crippen LogP contribution in [0.5, 0.6) is 5.75 Å². The number of halogens is 1. The molecular weight excluding hydrogens is 477 g/mol. The zero-order valence-corrected chi connectivity index (χ0v) is 19.8. The quantitative estimate of drug-likeness (QED) is 0.288. The average molecular weight is 507 g/mol. The summed E-state index contributed by atoms with van der Waals surface area (Å²) in [5.41, 5.74) is 3.25. The van der Waals surface area contributed by atoms with Gasteiger partial charge in [0.15, 0.2) is 5.96 Å². The summed E-state index contributed by atoms with van der Waals surface area (Å²) in [7, 11) is 2.03. The van der Waals surface area contributed by atoms with Gasteiger partial charge in [0, 0.05) is 13.6 Å². The van der Waals surface area contributed by atoms with E-state index in [2.05, 4.69) is 53.1 Å². The van der Waals surface area contributed by atoms with Crippen LogP contribution in [0.1, 0.15) is 25.2 Å². The molecule has 1 aromatic heterocycles. The topological polar surface area (TPSA) is 63.5 Å². The molecule has 1 heterocycles. The first-order valence-corrected chi connectivity index (χ1v) is 9.73. The van der Waals surface area contributed by atoms with Gasteiger partial charge in [-0.1, -0.05) is 30.3 Å². The molecule has 0 aliphatic heterocycles. The molecule has 29 heavy (non-hydrogen) atoms. The number of para-hydroxylation sites is 3. The van der Waals surface area contributed by atoms with Crippen molar-refractivity contribution < 1.29 is 4.74 Å². The van der Waals surface area contributed by atoms with Gasteiger partial charge in [-0.25, -0.2) is 9.98 Å². The van der Waals surface area contributed by atoms with Crippen LogP contribution in [0.25, 0.3) is 11.0 Å². The molecule has 0 aliphatic carbocycles. The van der Waals surface area contributed by atoms with Crippen molar-refractivity contribution in [3.63, 3.8) is 0 Å². The Kier molecular flexibility index (Phi) is 8.75. The molecule has 2 N–H and O–H groups in total. The minimum absolute atomic E-state index is 0. The summed E-state index contributed by atoms with van der Waals surface area (Å²) in [5, 5.41) is 6.64. The Bertz CT molecular complexity index is 953. The second kappa shape index (κ2) is 11.0. The summed E-state index contributed by atoms with van der Waals surface area (Å²) in [4.78, 5) is 9.37. The number of aliphatic imine (C=N–C) groups is 1. The van der Waals surface area contributed by atoms with Crippen LogP contribution < -0.4 is 15.4 Å². The van der Waals surface area contributed by atoms with Gasteiger partial charge in [0.25, 0.3) is 0 Å². The van der Waals surface area contributed by atoms with Crippen molar-refractivity contribution >= 4 is 41.0 Å². The third-order valence-corrected chi connectivity index (χ3v) is 4.58. The van der Waals surface area contributed by atoms with Gasteiger partial charge in [-0.05, 0) is 44.5 Å². The summed E-state index contributed by atoms with van der Waals surface area (Å²) in [6.45, 7) is 8.11. The molecule has 1 atom stereocenters. The molecule has 6 nitrogen and oxygen atoms in total. The van der Waals surface area contributed by atoms with E-state index in [1.807, 2.05) is 43.4 Å². The molecule has 0 spiro atoms. The SMILES string of the molecule is CCNC(=NCc1nc2ccccc2n1C)NCC(C)Oc1ccccc1C.I. The van der Waals surface area contributed by atoms with E-state index >= 15 is 0 Å². The Labute approximate surface area is 189 Å². The number of aryl methyl sites for hydroxylation is 2. The Morgan fingerprint density at radius 3 is 2.59 bits per heavy atom. The lowest BCUT2D eigenvalue weighted by molar-refractivity contribution is 0.222. The van der Waals surface area contributed by atoms with Crippen LogP contribution in [0.15, 0.2) is 53.5 Å². The van der Waals surface area contributed by atoms with Crippen LogP contribution in [0.2, 0.25) is 0 Å². The number of nitrogens with one attached hydrogen (secondary N) is 2. The molecule has 1 unspecified atom stereocenters. The van der Waals surface area contributed by atoms with Crippen LogP contribution in [-0.2, 0) is 13.6 Å². The molecule has 0 saturated carbocycles. The van der Waals surface area contributed by atoms with E-state index in [1.54, 1.807) is 0 Å². The van der Waals surface area contributed by atoms with Gasteiger partial charge in [0.1, 0.15) is 24.2 Å². The Morgan fingerprint density at radius 2 is 1.86 bits per heavy atom. The third kappa shape index (κ3) is 6.09. The Balaban J connectivity index is 0.00000300. The Morgan fingerprint density at radius 1 is 1.14 bits per heavy atom. The summed E-state index contributed by atoms with van der Waals surface area (Å²) >= 11 is 0. The van der Waals surface area contributed by atoms with Gasteiger partial charge in [-0.2, -0.15) is 0 Å². The highest BCUT2D eigenvalue weighted by Gasteiger charge is 2.09. The maximum absolute atomic E-state index is 6.03. The molecule has 0 saturated heterocycles. The minimum atomic E-state index is 0. The smallest absolute Gasteiger partial charge is 0.191 e. The first-order chi connectivity index (χ1) is 13.6.